The topological polar surface area (TPSA) is 24.9 Å². The second-order valence-corrected chi connectivity index (χ2v) is 12.6. The molecule has 0 unspecified atom stereocenters. The van der Waals surface area contributed by atoms with Crippen LogP contribution in [0, 0.1) is 23.7 Å². The molecular formula is C46H32N2O2. The summed E-state index contributed by atoms with van der Waals surface area (Å²) in [6, 6.07) is 50.2. The molecule has 2 aliphatic rings. The third kappa shape index (κ3) is 5.64. The van der Waals surface area contributed by atoms with Crippen LogP contribution in [0.15, 0.2) is 146 Å². The quantitative estimate of drug-likeness (QED) is 0.138. The zero-order valence-electron chi connectivity index (χ0n) is 27.4. The molecule has 2 aliphatic heterocycles. The van der Waals surface area contributed by atoms with Gasteiger partial charge in [0.25, 0.3) is 0 Å². The molecule has 0 amide bonds. The number of fused-ring (bicyclic) bond motifs is 4. The number of hydrogen-bond donors (Lipinski definition) is 0. The number of ether oxygens (including phenoxy) is 2. The Balaban J connectivity index is 1.07. The maximum absolute atomic E-state index is 6.10. The van der Waals surface area contributed by atoms with Crippen LogP contribution in [0.1, 0.15) is 33.4 Å². The van der Waals surface area contributed by atoms with Gasteiger partial charge in [-0.05, 0) is 82.2 Å². The van der Waals surface area contributed by atoms with Crippen LogP contribution in [0.25, 0.3) is 21.5 Å². The molecular weight excluding hydrogens is 613 g/mol. The second-order valence-electron chi connectivity index (χ2n) is 12.6. The fourth-order valence-electron chi connectivity index (χ4n) is 6.92. The highest BCUT2D eigenvalue weighted by molar-refractivity contribution is 6.09. The molecule has 0 aliphatic carbocycles. The molecule has 9 rings (SSSR count). The Morgan fingerprint density at radius 3 is 1.18 bits per heavy atom. The van der Waals surface area contributed by atoms with Crippen molar-refractivity contribution >= 4 is 32.9 Å². The van der Waals surface area contributed by atoms with E-state index in [2.05, 4.69) is 155 Å². The third-order valence-corrected chi connectivity index (χ3v) is 9.43. The van der Waals surface area contributed by atoms with E-state index in [9.17, 15) is 0 Å². The molecule has 0 aromatic heterocycles. The fourth-order valence-corrected chi connectivity index (χ4v) is 6.92. The first-order valence-corrected chi connectivity index (χ1v) is 16.9. The van der Waals surface area contributed by atoms with Crippen LogP contribution in [-0.4, -0.2) is 13.5 Å². The van der Waals surface area contributed by atoms with Gasteiger partial charge in [-0.25, -0.2) is 0 Å². The van der Waals surface area contributed by atoms with Crippen molar-refractivity contribution in [2.75, 3.05) is 23.3 Å². The van der Waals surface area contributed by atoms with Crippen LogP contribution < -0.4 is 19.3 Å². The SMILES string of the molecule is C(#Cc1c2ccccc2c(C#Cc2ccc3c(c2)CN(c2ccccc2)CO3)c2ccccc12)c1ccc2c(c1)CN(c1ccccc1)CO2. The predicted octanol–water partition coefficient (Wildman–Crippen LogP) is 9.51. The molecule has 4 heteroatoms. The van der Waals surface area contributed by atoms with Crippen LogP contribution in [-0.2, 0) is 13.1 Å². The highest BCUT2D eigenvalue weighted by Gasteiger charge is 2.19. The number of anilines is 2. The van der Waals surface area contributed by atoms with Gasteiger partial charge in [0.15, 0.2) is 13.5 Å². The van der Waals surface area contributed by atoms with Crippen LogP contribution in [0.4, 0.5) is 11.4 Å². The van der Waals surface area contributed by atoms with Gasteiger partial charge in [0.05, 0.1) is 0 Å². The largest absolute Gasteiger partial charge is 0.473 e. The van der Waals surface area contributed by atoms with Crippen LogP contribution in [0.2, 0.25) is 0 Å². The van der Waals surface area contributed by atoms with E-state index in [1.807, 2.05) is 24.3 Å². The lowest BCUT2D eigenvalue weighted by atomic mass is 9.91. The molecule has 0 radical (unpaired) electrons. The predicted molar refractivity (Wildman–Crippen MR) is 203 cm³/mol. The molecule has 0 saturated carbocycles. The van der Waals surface area contributed by atoms with E-state index in [0.717, 1.165) is 90.9 Å². The molecule has 238 valence electrons. The van der Waals surface area contributed by atoms with Crippen molar-refractivity contribution < 1.29 is 9.47 Å². The van der Waals surface area contributed by atoms with Gasteiger partial charge in [-0.15, -0.1) is 0 Å². The molecule has 0 N–H and O–H groups in total. The molecule has 2 heterocycles. The minimum absolute atomic E-state index is 0.531. The molecule has 0 fully saturated rings. The van der Waals surface area contributed by atoms with Crippen molar-refractivity contribution in [3.8, 4) is 35.2 Å². The summed E-state index contributed by atoms with van der Waals surface area (Å²) in [4.78, 5) is 4.47. The number of nitrogens with zero attached hydrogens (tertiary/aromatic N) is 2. The minimum Gasteiger partial charge on any atom is -0.473 e. The van der Waals surface area contributed by atoms with Gasteiger partial charge in [-0.3, -0.25) is 0 Å². The van der Waals surface area contributed by atoms with Crippen molar-refractivity contribution in [1.29, 1.82) is 0 Å². The highest BCUT2D eigenvalue weighted by atomic mass is 16.5. The minimum atomic E-state index is 0.531. The van der Waals surface area contributed by atoms with E-state index in [-0.39, 0.29) is 0 Å². The number of hydrogen-bond acceptors (Lipinski definition) is 4. The summed E-state index contributed by atoms with van der Waals surface area (Å²) in [5, 5.41) is 4.38. The van der Waals surface area contributed by atoms with Gasteiger partial charge < -0.3 is 19.3 Å². The first-order valence-electron chi connectivity index (χ1n) is 16.9. The van der Waals surface area contributed by atoms with E-state index in [4.69, 9.17) is 9.47 Å². The summed E-state index contributed by atoms with van der Waals surface area (Å²) < 4.78 is 12.2. The van der Waals surface area contributed by atoms with E-state index in [1.54, 1.807) is 0 Å². The molecule has 0 atom stereocenters. The maximum Gasteiger partial charge on any atom is 0.161 e. The summed E-state index contributed by atoms with van der Waals surface area (Å²) in [6.45, 7) is 2.61. The number of rotatable bonds is 2. The lowest BCUT2D eigenvalue weighted by molar-refractivity contribution is 0.289. The van der Waals surface area contributed by atoms with Crippen molar-refractivity contribution in [2.24, 2.45) is 0 Å². The van der Waals surface area contributed by atoms with Crippen molar-refractivity contribution in [2.45, 2.75) is 13.1 Å². The highest BCUT2D eigenvalue weighted by Crippen LogP contribution is 2.34. The first kappa shape index (κ1) is 29.5. The summed E-state index contributed by atoms with van der Waals surface area (Å²) in [7, 11) is 0. The molecule has 0 bridgehead atoms. The molecule has 7 aromatic rings. The van der Waals surface area contributed by atoms with Gasteiger partial charge in [0.2, 0.25) is 0 Å². The average Bonchev–Trinajstić information content (AvgIpc) is 3.19. The van der Waals surface area contributed by atoms with Crippen molar-refractivity contribution in [1.82, 2.24) is 0 Å². The number of para-hydroxylation sites is 2. The van der Waals surface area contributed by atoms with Gasteiger partial charge in [0, 0.05) is 57.8 Å². The first-order chi connectivity index (χ1) is 24.8. The average molecular weight is 645 g/mol. The normalized spacial score (nSPS) is 13.2. The van der Waals surface area contributed by atoms with Gasteiger partial charge in [-0.2, -0.15) is 0 Å². The zero-order chi connectivity index (χ0) is 33.3. The van der Waals surface area contributed by atoms with E-state index < -0.39 is 0 Å². The summed E-state index contributed by atoms with van der Waals surface area (Å²) in [6.07, 6.45) is 0. The Morgan fingerprint density at radius 1 is 0.400 bits per heavy atom. The summed E-state index contributed by atoms with van der Waals surface area (Å²) in [5.41, 5.74) is 8.49. The van der Waals surface area contributed by atoms with E-state index in [0.29, 0.717) is 13.5 Å². The maximum atomic E-state index is 6.10. The lowest BCUT2D eigenvalue weighted by Gasteiger charge is -2.30. The van der Waals surface area contributed by atoms with Gasteiger partial charge >= 0.3 is 0 Å². The monoisotopic (exact) mass is 644 g/mol. The summed E-state index contributed by atoms with van der Waals surface area (Å²) >= 11 is 0. The molecule has 0 saturated heterocycles. The van der Waals surface area contributed by atoms with E-state index >= 15 is 0 Å². The molecule has 4 nitrogen and oxygen atoms in total. The Labute approximate surface area is 292 Å². The smallest absolute Gasteiger partial charge is 0.161 e. The second kappa shape index (κ2) is 12.8. The molecule has 50 heavy (non-hydrogen) atoms. The van der Waals surface area contributed by atoms with Crippen molar-refractivity contribution in [3.05, 3.63) is 179 Å². The van der Waals surface area contributed by atoms with Crippen molar-refractivity contribution in [3.63, 3.8) is 0 Å². The third-order valence-electron chi connectivity index (χ3n) is 9.43. The molecule has 0 spiro atoms. The van der Waals surface area contributed by atoms with Crippen LogP contribution in [0.5, 0.6) is 11.5 Å². The van der Waals surface area contributed by atoms with Gasteiger partial charge in [-0.1, -0.05) is 109 Å². The number of benzene rings is 7. The fraction of sp³-hybridized carbons (Fsp3) is 0.0870. The Morgan fingerprint density at radius 2 is 0.780 bits per heavy atom. The van der Waals surface area contributed by atoms with Crippen LogP contribution in [0.3, 0.4) is 0 Å². The Bertz CT molecular complexity index is 2290. The van der Waals surface area contributed by atoms with E-state index in [1.165, 1.54) is 0 Å². The Kier molecular flexibility index (Phi) is 7.54. The van der Waals surface area contributed by atoms with Gasteiger partial charge in [0.1, 0.15) is 11.5 Å². The molecule has 7 aromatic carbocycles. The van der Waals surface area contributed by atoms with Crippen LogP contribution >= 0.6 is 0 Å². The lowest BCUT2D eigenvalue weighted by Crippen LogP contribution is -2.31. The summed E-state index contributed by atoms with van der Waals surface area (Å²) in [5.74, 6) is 16.0. The Hall–Kier alpha value is -6.62. The standard InChI is InChI=1S/C46H32N2O2/c1-3-11-37(12-4-1)47-29-35-27-33(21-25-45(35)49-31-47)19-23-43-39-15-7-9-17-41(39)44(42-18-10-8-16-40(42)43)24-20-34-22-26-46-36(28-34)30-48(32-50-46)38-13-5-2-6-14-38/h1-18,21-22,25-28H,29-32H2. The zero-order valence-corrected chi connectivity index (χ0v) is 27.4.